The Kier molecular flexibility index (Phi) is 3.38. The molecule has 0 aromatic carbocycles. The van der Waals surface area contributed by atoms with E-state index in [2.05, 4.69) is 13.0 Å². The van der Waals surface area contributed by atoms with E-state index in [-0.39, 0.29) is 0 Å². The summed E-state index contributed by atoms with van der Waals surface area (Å²) in [6.07, 6.45) is 4.70. The average Bonchev–Trinajstić information content (AvgIpc) is 2.34. The average molecular weight is 186 g/mol. The van der Waals surface area contributed by atoms with Crippen molar-refractivity contribution in [3.8, 4) is 0 Å². The maximum absolute atomic E-state index is 8.90. The Balaban J connectivity index is 2.60. The number of rotatable bonds is 2. The fourth-order valence-corrected chi connectivity index (χ4v) is 2.47. The third kappa shape index (κ3) is 2.12. The minimum Gasteiger partial charge on any atom is -0.364 e. The maximum Gasteiger partial charge on any atom is 0.184 e. The van der Waals surface area contributed by atoms with E-state index in [0.717, 1.165) is 0 Å². The van der Waals surface area contributed by atoms with Crippen LogP contribution < -0.4 is 0 Å². The van der Waals surface area contributed by atoms with Gasteiger partial charge in [0.25, 0.3) is 0 Å². The van der Waals surface area contributed by atoms with E-state index in [0.29, 0.717) is 16.1 Å². The van der Waals surface area contributed by atoms with Gasteiger partial charge in [-0.2, -0.15) is 0 Å². The molecular formula is C9H14O2S. The fraction of sp³-hybridized carbons (Fsp3) is 0.556. The zero-order chi connectivity index (χ0) is 9.14. The summed E-state index contributed by atoms with van der Waals surface area (Å²) < 4.78 is 0. The lowest BCUT2D eigenvalue weighted by atomic mass is 10.1. The molecule has 1 rings (SSSR count). The molecule has 0 amide bonds. The Morgan fingerprint density at radius 1 is 1.58 bits per heavy atom. The smallest absolute Gasteiger partial charge is 0.184 e. The minimum absolute atomic E-state index is 0.367. The zero-order valence-electron chi connectivity index (χ0n) is 7.27. The van der Waals surface area contributed by atoms with E-state index < -0.39 is 6.29 Å². The highest BCUT2D eigenvalue weighted by Crippen LogP contribution is 2.38. The summed E-state index contributed by atoms with van der Waals surface area (Å²) in [5.41, 5.74) is 0. The molecule has 0 fully saturated rings. The van der Waals surface area contributed by atoms with Gasteiger partial charge in [-0.25, -0.2) is 0 Å². The molecule has 3 heteroatoms. The number of aliphatic hydroxyl groups excluding tert-OH is 1. The van der Waals surface area contributed by atoms with Crippen LogP contribution in [0.5, 0.6) is 0 Å². The molecule has 68 valence electrons. The van der Waals surface area contributed by atoms with Crippen LogP contribution in [-0.4, -0.2) is 21.8 Å². The third-order valence-electron chi connectivity index (χ3n) is 1.85. The van der Waals surface area contributed by atoms with Gasteiger partial charge >= 0.3 is 0 Å². The van der Waals surface area contributed by atoms with Gasteiger partial charge in [-0.3, -0.25) is 0 Å². The van der Waals surface area contributed by atoms with Crippen molar-refractivity contribution in [1.29, 1.82) is 0 Å². The van der Waals surface area contributed by atoms with E-state index in [4.69, 9.17) is 10.2 Å². The predicted molar refractivity (Wildman–Crippen MR) is 51.7 cm³/mol. The van der Waals surface area contributed by atoms with Gasteiger partial charge in [0, 0.05) is 10.2 Å². The third-order valence-corrected chi connectivity index (χ3v) is 3.33. The Labute approximate surface area is 77.0 Å². The molecule has 1 aliphatic heterocycles. The molecule has 0 saturated carbocycles. The van der Waals surface area contributed by atoms with Crippen molar-refractivity contribution >= 4 is 11.8 Å². The highest BCUT2D eigenvalue weighted by atomic mass is 32.2. The molecule has 2 nitrogen and oxygen atoms in total. The van der Waals surface area contributed by atoms with Gasteiger partial charge in [-0.15, -0.1) is 11.8 Å². The van der Waals surface area contributed by atoms with Gasteiger partial charge < -0.3 is 10.2 Å². The first kappa shape index (κ1) is 9.84. The van der Waals surface area contributed by atoms with Gasteiger partial charge in [0.1, 0.15) is 0 Å². The molecule has 2 atom stereocenters. The van der Waals surface area contributed by atoms with Gasteiger partial charge in [0.2, 0.25) is 0 Å². The topological polar surface area (TPSA) is 40.5 Å². The second kappa shape index (κ2) is 4.12. The molecular weight excluding hydrogens is 172 g/mol. The summed E-state index contributed by atoms with van der Waals surface area (Å²) in [6, 6.07) is 0. The molecule has 0 aliphatic carbocycles. The lowest BCUT2D eigenvalue weighted by molar-refractivity contribution is -0.000879. The first-order chi connectivity index (χ1) is 5.65. The molecule has 0 radical (unpaired) electrons. The summed E-state index contributed by atoms with van der Waals surface area (Å²) in [7, 11) is 0. The van der Waals surface area contributed by atoms with Gasteiger partial charge in [-0.1, -0.05) is 25.2 Å². The summed E-state index contributed by atoms with van der Waals surface area (Å²) in [5.74, 6) is 0.392. The van der Waals surface area contributed by atoms with E-state index in [1.165, 1.54) is 11.8 Å². The Morgan fingerprint density at radius 2 is 2.25 bits per heavy atom. The van der Waals surface area contributed by atoms with Crippen molar-refractivity contribution in [2.24, 2.45) is 5.92 Å². The SMILES string of the molecule is CC=CC1SC(C(O)O)=CC1C. The molecule has 12 heavy (non-hydrogen) atoms. The lowest BCUT2D eigenvalue weighted by Gasteiger charge is -2.09. The van der Waals surface area contributed by atoms with Crippen molar-refractivity contribution in [2.75, 3.05) is 0 Å². The first-order valence-corrected chi connectivity index (χ1v) is 4.90. The van der Waals surface area contributed by atoms with Crippen LogP contribution in [0.2, 0.25) is 0 Å². The van der Waals surface area contributed by atoms with Crippen LogP contribution in [0.4, 0.5) is 0 Å². The predicted octanol–water partition coefficient (Wildman–Crippen LogP) is 1.51. The second-order valence-corrected chi connectivity index (χ2v) is 4.16. The van der Waals surface area contributed by atoms with Crippen molar-refractivity contribution < 1.29 is 10.2 Å². The first-order valence-electron chi connectivity index (χ1n) is 4.02. The van der Waals surface area contributed by atoms with Crippen LogP contribution >= 0.6 is 11.8 Å². The summed E-state index contributed by atoms with van der Waals surface area (Å²) >= 11 is 1.53. The standard InChI is InChI=1S/C9H14O2S/c1-3-4-7-6(2)5-8(12-7)9(10)11/h3-7,9-11H,1-2H3. The highest BCUT2D eigenvalue weighted by Gasteiger charge is 2.25. The zero-order valence-corrected chi connectivity index (χ0v) is 8.08. The number of hydrogen-bond donors (Lipinski definition) is 2. The van der Waals surface area contributed by atoms with Crippen LogP contribution in [0.1, 0.15) is 13.8 Å². The van der Waals surface area contributed by atoms with Gasteiger partial charge in [-0.05, 0) is 12.8 Å². The molecule has 1 aliphatic rings. The molecule has 0 bridgehead atoms. The highest BCUT2D eigenvalue weighted by molar-refractivity contribution is 8.04. The quantitative estimate of drug-likeness (QED) is 0.507. The summed E-state index contributed by atoms with van der Waals surface area (Å²) in [6.45, 7) is 4.05. The maximum atomic E-state index is 8.90. The largest absolute Gasteiger partial charge is 0.364 e. The van der Waals surface area contributed by atoms with Crippen LogP contribution in [0.15, 0.2) is 23.1 Å². The lowest BCUT2D eigenvalue weighted by Crippen LogP contribution is -2.05. The van der Waals surface area contributed by atoms with Crippen molar-refractivity contribution in [1.82, 2.24) is 0 Å². The number of thioether (sulfide) groups is 1. The normalized spacial score (nSPS) is 30.2. The number of hydrogen-bond acceptors (Lipinski definition) is 3. The van der Waals surface area contributed by atoms with Gasteiger partial charge in [0.05, 0.1) is 0 Å². The van der Waals surface area contributed by atoms with Crippen molar-refractivity contribution in [3.63, 3.8) is 0 Å². The summed E-state index contributed by atoms with van der Waals surface area (Å²) in [4.78, 5) is 0.672. The number of allylic oxidation sites excluding steroid dienone is 2. The van der Waals surface area contributed by atoms with Crippen LogP contribution in [-0.2, 0) is 0 Å². The van der Waals surface area contributed by atoms with E-state index in [1.54, 1.807) is 0 Å². The Morgan fingerprint density at radius 3 is 2.67 bits per heavy atom. The summed E-state index contributed by atoms with van der Waals surface area (Å²) in [5, 5.41) is 18.2. The second-order valence-electron chi connectivity index (χ2n) is 2.91. The molecule has 0 aromatic heterocycles. The fourth-order valence-electron chi connectivity index (χ4n) is 1.21. The van der Waals surface area contributed by atoms with Crippen LogP contribution in [0, 0.1) is 5.92 Å². The van der Waals surface area contributed by atoms with E-state index in [1.807, 2.05) is 19.1 Å². The monoisotopic (exact) mass is 186 g/mol. The van der Waals surface area contributed by atoms with E-state index >= 15 is 0 Å². The van der Waals surface area contributed by atoms with Crippen molar-refractivity contribution in [2.45, 2.75) is 25.4 Å². The Bertz CT molecular complexity index is 209. The van der Waals surface area contributed by atoms with E-state index in [9.17, 15) is 0 Å². The Hall–Kier alpha value is -0.250. The van der Waals surface area contributed by atoms with Crippen molar-refractivity contribution in [3.05, 3.63) is 23.1 Å². The molecule has 2 unspecified atom stereocenters. The number of aliphatic hydroxyl groups is 2. The molecule has 0 spiro atoms. The van der Waals surface area contributed by atoms with Crippen LogP contribution in [0.3, 0.4) is 0 Å². The minimum atomic E-state index is -1.30. The molecule has 2 N–H and O–H groups in total. The van der Waals surface area contributed by atoms with Gasteiger partial charge in [0.15, 0.2) is 6.29 Å². The molecule has 1 heterocycles. The molecule has 0 aromatic rings. The van der Waals surface area contributed by atoms with Crippen LogP contribution in [0.25, 0.3) is 0 Å². The molecule has 0 saturated heterocycles.